The van der Waals surface area contributed by atoms with Crippen LogP contribution in [0.2, 0.25) is 0 Å². The van der Waals surface area contributed by atoms with Gasteiger partial charge in [-0.2, -0.15) is 0 Å². The Balaban J connectivity index is 2.05. The molecule has 0 fully saturated rings. The number of rotatable bonds is 8. The number of hydrogen-bond donors (Lipinski definition) is 0. The molecule has 26 heavy (non-hydrogen) atoms. The summed E-state index contributed by atoms with van der Waals surface area (Å²) in [6.07, 6.45) is -0.825. The molecule has 0 amide bonds. The Morgan fingerprint density at radius 3 is 1.77 bits per heavy atom. The summed E-state index contributed by atoms with van der Waals surface area (Å²) in [5.41, 5.74) is 0.810. The third-order valence-corrected chi connectivity index (χ3v) is 4.02. The molecular weight excluding hydrogens is 336 g/mol. The zero-order valence-electron chi connectivity index (χ0n) is 15.0. The number of hydrogen-bond acceptors (Lipinski definition) is 6. The van der Waals surface area contributed by atoms with Crippen molar-refractivity contribution in [3.8, 4) is 0 Å². The molecule has 0 saturated heterocycles. The molecule has 2 rings (SSSR count). The van der Waals surface area contributed by atoms with E-state index in [9.17, 15) is 9.59 Å². The SMILES string of the molecule is COC(COC(=O)c1ccccc1)(OC)C(C)OC(=O)c1ccccc1. The van der Waals surface area contributed by atoms with Crippen LogP contribution < -0.4 is 0 Å². The highest BCUT2D eigenvalue weighted by atomic mass is 16.7. The summed E-state index contributed by atoms with van der Waals surface area (Å²) < 4.78 is 21.5. The van der Waals surface area contributed by atoms with Gasteiger partial charge < -0.3 is 18.9 Å². The first-order valence-corrected chi connectivity index (χ1v) is 8.11. The molecule has 0 N–H and O–H groups in total. The van der Waals surface area contributed by atoms with Gasteiger partial charge >= 0.3 is 11.9 Å². The minimum Gasteiger partial charge on any atom is -0.456 e. The average molecular weight is 358 g/mol. The van der Waals surface area contributed by atoms with Gasteiger partial charge in [0.15, 0.2) is 6.10 Å². The third kappa shape index (κ3) is 4.68. The highest BCUT2D eigenvalue weighted by molar-refractivity contribution is 5.90. The smallest absolute Gasteiger partial charge is 0.338 e. The molecule has 138 valence electrons. The number of carbonyl (C=O) groups is 2. The Morgan fingerprint density at radius 2 is 1.31 bits per heavy atom. The zero-order chi connectivity index (χ0) is 19.0. The van der Waals surface area contributed by atoms with Crippen LogP contribution in [0.4, 0.5) is 0 Å². The van der Waals surface area contributed by atoms with Crippen molar-refractivity contribution < 1.29 is 28.5 Å². The largest absolute Gasteiger partial charge is 0.456 e. The van der Waals surface area contributed by atoms with Crippen molar-refractivity contribution in [2.24, 2.45) is 0 Å². The van der Waals surface area contributed by atoms with Crippen molar-refractivity contribution in [2.45, 2.75) is 18.8 Å². The quantitative estimate of drug-likeness (QED) is 0.533. The van der Waals surface area contributed by atoms with E-state index in [-0.39, 0.29) is 6.61 Å². The Bertz CT molecular complexity index is 710. The summed E-state index contributed by atoms with van der Waals surface area (Å²) in [4.78, 5) is 24.4. The van der Waals surface area contributed by atoms with Crippen LogP contribution in [0.1, 0.15) is 27.6 Å². The number of ether oxygens (including phenoxy) is 4. The van der Waals surface area contributed by atoms with Crippen molar-refractivity contribution in [1.29, 1.82) is 0 Å². The van der Waals surface area contributed by atoms with Crippen molar-refractivity contribution >= 4 is 11.9 Å². The highest BCUT2D eigenvalue weighted by Crippen LogP contribution is 2.22. The van der Waals surface area contributed by atoms with E-state index in [1.54, 1.807) is 67.6 Å². The van der Waals surface area contributed by atoms with Crippen LogP contribution in [0.5, 0.6) is 0 Å². The fourth-order valence-electron chi connectivity index (χ4n) is 2.37. The molecule has 1 atom stereocenters. The number of methoxy groups -OCH3 is 2. The molecule has 0 aliphatic carbocycles. The van der Waals surface area contributed by atoms with Gasteiger partial charge in [0, 0.05) is 14.2 Å². The van der Waals surface area contributed by atoms with Gasteiger partial charge in [0.05, 0.1) is 11.1 Å². The fourth-order valence-corrected chi connectivity index (χ4v) is 2.37. The van der Waals surface area contributed by atoms with E-state index < -0.39 is 23.8 Å². The lowest BCUT2D eigenvalue weighted by molar-refractivity contribution is -0.269. The first kappa shape index (κ1) is 19.6. The van der Waals surface area contributed by atoms with E-state index in [1.165, 1.54) is 14.2 Å². The van der Waals surface area contributed by atoms with Gasteiger partial charge in [0.1, 0.15) is 6.61 Å². The topological polar surface area (TPSA) is 71.1 Å². The van der Waals surface area contributed by atoms with Gasteiger partial charge in [-0.1, -0.05) is 36.4 Å². The first-order chi connectivity index (χ1) is 12.5. The second kappa shape index (κ2) is 9.12. The van der Waals surface area contributed by atoms with Gasteiger partial charge in [-0.25, -0.2) is 9.59 Å². The van der Waals surface area contributed by atoms with Crippen molar-refractivity contribution in [3.63, 3.8) is 0 Å². The van der Waals surface area contributed by atoms with E-state index in [0.717, 1.165) is 0 Å². The minimum atomic E-state index is -1.42. The second-order valence-corrected chi connectivity index (χ2v) is 5.58. The molecule has 2 aromatic rings. The molecular formula is C20H22O6. The maximum Gasteiger partial charge on any atom is 0.338 e. The lowest BCUT2D eigenvalue weighted by Crippen LogP contribution is -2.51. The van der Waals surface area contributed by atoms with Gasteiger partial charge in [0.2, 0.25) is 5.79 Å². The molecule has 6 heteroatoms. The Labute approximate surface area is 152 Å². The average Bonchev–Trinajstić information content (AvgIpc) is 2.70. The molecule has 0 aromatic heterocycles. The number of esters is 2. The summed E-state index contributed by atoms with van der Waals surface area (Å²) >= 11 is 0. The van der Waals surface area contributed by atoms with E-state index >= 15 is 0 Å². The van der Waals surface area contributed by atoms with E-state index in [2.05, 4.69) is 0 Å². The van der Waals surface area contributed by atoms with Crippen LogP contribution in [-0.4, -0.2) is 44.7 Å². The monoisotopic (exact) mass is 358 g/mol. The van der Waals surface area contributed by atoms with E-state index in [0.29, 0.717) is 11.1 Å². The van der Waals surface area contributed by atoms with Crippen molar-refractivity contribution in [2.75, 3.05) is 20.8 Å². The van der Waals surface area contributed by atoms with Gasteiger partial charge in [-0.3, -0.25) is 0 Å². The Kier molecular flexibility index (Phi) is 6.89. The molecule has 0 heterocycles. The van der Waals surface area contributed by atoms with Crippen LogP contribution in [0.25, 0.3) is 0 Å². The summed E-state index contributed by atoms with van der Waals surface area (Å²) in [5.74, 6) is -2.47. The summed E-state index contributed by atoms with van der Waals surface area (Å²) in [5, 5.41) is 0. The second-order valence-electron chi connectivity index (χ2n) is 5.58. The normalized spacial score (nSPS) is 12.3. The Hall–Kier alpha value is -2.70. The predicted molar refractivity (Wildman–Crippen MR) is 94.8 cm³/mol. The van der Waals surface area contributed by atoms with Crippen molar-refractivity contribution in [3.05, 3.63) is 71.8 Å². The summed E-state index contributed by atoms with van der Waals surface area (Å²) in [6, 6.07) is 17.1. The van der Waals surface area contributed by atoms with E-state index in [4.69, 9.17) is 18.9 Å². The molecule has 2 aromatic carbocycles. The zero-order valence-corrected chi connectivity index (χ0v) is 15.0. The molecule has 0 saturated carbocycles. The molecule has 0 spiro atoms. The maximum atomic E-state index is 12.3. The lowest BCUT2D eigenvalue weighted by Gasteiger charge is -2.34. The molecule has 0 aliphatic heterocycles. The third-order valence-electron chi connectivity index (χ3n) is 4.02. The summed E-state index contributed by atoms with van der Waals surface area (Å²) in [7, 11) is 2.79. The Morgan fingerprint density at radius 1 is 0.846 bits per heavy atom. The van der Waals surface area contributed by atoms with Crippen molar-refractivity contribution in [1.82, 2.24) is 0 Å². The number of carbonyl (C=O) groups excluding carboxylic acids is 2. The molecule has 1 unspecified atom stereocenters. The summed E-state index contributed by atoms with van der Waals surface area (Å²) in [6.45, 7) is 1.38. The van der Waals surface area contributed by atoms with Gasteiger partial charge in [-0.05, 0) is 31.2 Å². The van der Waals surface area contributed by atoms with Crippen LogP contribution in [0, 0.1) is 0 Å². The standard InChI is InChI=1S/C20H22O6/c1-15(26-19(22)17-12-8-5-9-13-17)20(23-2,24-3)14-25-18(21)16-10-6-4-7-11-16/h4-13,15H,14H2,1-3H3. The van der Waals surface area contributed by atoms with Gasteiger partial charge in [0.25, 0.3) is 0 Å². The van der Waals surface area contributed by atoms with Gasteiger partial charge in [-0.15, -0.1) is 0 Å². The fraction of sp³-hybridized carbons (Fsp3) is 0.300. The van der Waals surface area contributed by atoms with Crippen LogP contribution in [0.15, 0.2) is 60.7 Å². The minimum absolute atomic E-state index is 0.239. The van der Waals surface area contributed by atoms with Crippen LogP contribution in [-0.2, 0) is 18.9 Å². The predicted octanol–water partition coefficient (Wildman–Crippen LogP) is 3.08. The molecule has 0 bridgehead atoms. The van der Waals surface area contributed by atoms with Crippen LogP contribution in [0.3, 0.4) is 0 Å². The molecule has 0 radical (unpaired) electrons. The molecule has 6 nitrogen and oxygen atoms in total. The molecule has 0 aliphatic rings. The number of benzene rings is 2. The highest BCUT2D eigenvalue weighted by Gasteiger charge is 2.41. The lowest BCUT2D eigenvalue weighted by atomic mass is 10.1. The maximum absolute atomic E-state index is 12.3. The van der Waals surface area contributed by atoms with Crippen LogP contribution >= 0.6 is 0 Å². The first-order valence-electron chi connectivity index (χ1n) is 8.11. The van der Waals surface area contributed by atoms with E-state index in [1.807, 2.05) is 0 Å².